The molecule has 2 N–H and O–H groups in total. The van der Waals surface area contributed by atoms with Gasteiger partial charge in [0, 0.05) is 61.5 Å². The van der Waals surface area contributed by atoms with Gasteiger partial charge in [-0.3, -0.25) is 4.79 Å². The summed E-state index contributed by atoms with van der Waals surface area (Å²) in [6, 6.07) is 0. The van der Waals surface area contributed by atoms with Gasteiger partial charge >= 0.3 is 5.97 Å². The zero-order valence-corrected chi connectivity index (χ0v) is 21.6. The second-order valence-electron chi connectivity index (χ2n) is 5.91. The van der Waals surface area contributed by atoms with Gasteiger partial charge in [-0.1, -0.05) is 64.0 Å². The van der Waals surface area contributed by atoms with E-state index in [1.165, 1.54) is 25.7 Å². The molecule has 0 rings (SSSR count). The molecule has 0 spiro atoms. The summed E-state index contributed by atoms with van der Waals surface area (Å²) in [4.78, 5) is 10.3. The molecule has 0 amide bonds. The van der Waals surface area contributed by atoms with E-state index in [0.717, 1.165) is 51.4 Å². The number of aliphatic carboxylic acids is 1. The number of rotatable bonds is 15. The Morgan fingerprint density at radius 1 is 0.957 bits per heavy atom. The summed E-state index contributed by atoms with van der Waals surface area (Å²) in [5, 5.41) is 18.3. The van der Waals surface area contributed by atoms with Gasteiger partial charge in [-0.05, 0) is 32.1 Å². The van der Waals surface area contributed by atoms with Gasteiger partial charge < -0.3 is 10.2 Å². The van der Waals surface area contributed by atoms with Crippen molar-refractivity contribution < 1.29 is 70.1 Å². The minimum Gasteiger partial charge on any atom is -0.481 e. The molecule has 0 aliphatic carbocycles. The topological polar surface area (TPSA) is 57.5 Å². The first-order valence-electron chi connectivity index (χ1n) is 8.71. The molecular formula is C18H34LaO3Zn. The smallest absolute Gasteiger partial charge is 0.303 e. The first-order valence-corrected chi connectivity index (χ1v) is 8.71. The molecule has 5 heteroatoms. The summed E-state index contributed by atoms with van der Waals surface area (Å²) in [7, 11) is 0. The van der Waals surface area contributed by atoms with Crippen molar-refractivity contribution >= 4 is 5.97 Å². The number of allylic oxidation sites excluding steroid dienone is 1. The normalized spacial score (nSPS) is 11.7. The zero-order valence-electron chi connectivity index (χ0n) is 15.0. The fourth-order valence-electron chi connectivity index (χ4n) is 2.36. The van der Waals surface area contributed by atoms with E-state index in [2.05, 4.69) is 19.1 Å². The number of aliphatic hydroxyl groups excluding tert-OH is 1. The van der Waals surface area contributed by atoms with Crippen LogP contribution in [0, 0.1) is 35.6 Å². The molecule has 0 unspecified atom stereocenters. The van der Waals surface area contributed by atoms with E-state index < -0.39 is 5.97 Å². The van der Waals surface area contributed by atoms with Gasteiger partial charge in [-0.25, -0.2) is 0 Å². The molecule has 0 aliphatic heterocycles. The van der Waals surface area contributed by atoms with E-state index >= 15 is 0 Å². The maximum atomic E-state index is 10.3. The van der Waals surface area contributed by atoms with Crippen LogP contribution >= 0.6 is 0 Å². The van der Waals surface area contributed by atoms with Crippen molar-refractivity contribution in [1.29, 1.82) is 0 Å². The summed E-state index contributed by atoms with van der Waals surface area (Å²) in [6.07, 6.45) is 17.4. The number of aliphatic hydroxyl groups is 1. The van der Waals surface area contributed by atoms with Crippen molar-refractivity contribution in [3.63, 3.8) is 0 Å². The third-order valence-corrected chi connectivity index (χ3v) is 3.73. The summed E-state index contributed by atoms with van der Waals surface area (Å²) in [5.74, 6) is -0.689. The third kappa shape index (κ3) is 25.3. The van der Waals surface area contributed by atoms with Crippen molar-refractivity contribution in [1.82, 2.24) is 0 Å². The number of carbonyl (C=O) groups is 1. The van der Waals surface area contributed by atoms with Crippen LogP contribution in [0.2, 0.25) is 0 Å². The number of carboxylic acid groups (broad SMARTS) is 1. The van der Waals surface area contributed by atoms with Crippen molar-refractivity contribution in [2.24, 2.45) is 0 Å². The predicted molar refractivity (Wildman–Crippen MR) is 88.5 cm³/mol. The minimum atomic E-state index is -0.689. The van der Waals surface area contributed by atoms with E-state index in [0.29, 0.717) is 6.42 Å². The summed E-state index contributed by atoms with van der Waals surface area (Å²) in [6.45, 7) is 2.20. The standard InChI is InChI=1S/C18H34O3.La.Zn/c1-2-3-4-11-14-17(19)15-12-9-7-5-6-8-10-13-16-18(20)21;;/h9,12,17,19H,2-8,10-11,13-16H2,1H3,(H,20,21);;/b12-9-;;/t17-;;/m1../s1. The third-order valence-electron chi connectivity index (χ3n) is 3.73. The summed E-state index contributed by atoms with van der Waals surface area (Å²) >= 11 is 0. The van der Waals surface area contributed by atoms with Crippen LogP contribution in [-0.4, -0.2) is 22.3 Å². The average molecular weight is 503 g/mol. The van der Waals surface area contributed by atoms with Crippen molar-refractivity contribution in [2.45, 2.75) is 96.5 Å². The van der Waals surface area contributed by atoms with Crippen LogP contribution in [0.4, 0.5) is 0 Å². The monoisotopic (exact) mass is 501 g/mol. The second kappa shape index (κ2) is 23.0. The quantitative estimate of drug-likeness (QED) is 0.187. The first kappa shape index (κ1) is 28.8. The molecule has 0 aromatic carbocycles. The number of hydrogen-bond donors (Lipinski definition) is 2. The van der Waals surface area contributed by atoms with Gasteiger partial charge in [0.25, 0.3) is 0 Å². The van der Waals surface area contributed by atoms with Crippen LogP contribution in [0.5, 0.6) is 0 Å². The number of carboxylic acids is 1. The van der Waals surface area contributed by atoms with Crippen LogP contribution in [0.1, 0.15) is 90.4 Å². The molecule has 0 saturated heterocycles. The van der Waals surface area contributed by atoms with Crippen LogP contribution in [0.25, 0.3) is 0 Å². The van der Waals surface area contributed by atoms with Crippen molar-refractivity contribution in [3.8, 4) is 0 Å². The fraction of sp³-hybridized carbons (Fsp3) is 0.833. The fourth-order valence-corrected chi connectivity index (χ4v) is 2.36. The maximum absolute atomic E-state index is 10.3. The van der Waals surface area contributed by atoms with Crippen LogP contribution in [0.3, 0.4) is 0 Å². The number of unbranched alkanes of at least 4 members (excludes halogenated alkanes) is 8. The van der Waals surface area contributed by atoms with Crippen molar-refractivity contribution in [2.75, 3.05) is 0 Å². The molecular weight excluding hydrogens is 468 g/mol. The SMILES string of the molecule is CCCCCC[C@@H](O)C/C=C\CCCCCCCC(=O)O.[La].[Zn]. The second-order valence-corrected chi connectivity index (χ2v) is 5.91. The van der Waals surface area contributed by atoms with E-state index in [4.69, 9.17) is 5.11 Å². The molecule has 129 valence electrons. The maximum Gasteiger partial charge on any atom is 0.303 e. The van der Waals surface area contributed by atoms with Gasteiger partial charge in [0.1, 0.15) is 0 Å². The van der Waals surface area contributed by atoms with Crippen LogP contribution in [-0.2, 0) is 24.3 Å². The van der Waals surface area contributed by atoms with Crippen LogP contribution < -0.4 is 0 Å². The molecule has 1 atom stereocenters. The summed E-state index contributed by atoms with van der Waals surface area (Å²) in [5.41, 5.74) is 0. The Hall–Kier alpha value is 0.988. The van der Waals surface area contributed by atoms with Crippen LogP contribution in [0.15, 0.2) is 12.2 Å². The molecule has 0 heterocycles. The Morgan fingerprint density at radius 3 is 2.22 bits per heavy atom. The molecule has 23 heavy (non-hydrogen) atoms. The molecule has 0 saturated carbocycles. The van der Waals surface area contributed by atoms with E-state index in [1.54, 1.807) is 0 Å². The van der Waals surface area contributed by atoms with E-state index in [1.807, 2.05) is 0 Å². The molecule has 0 aromatic heterocycles. The van der Waals surface area contributed by atoms with Gasteiger partial charge in [0.2, 0.25) is 0 Å². The number of hydrogen-bond acceptors (Lipinski definition) is 2. The molecule has 0 aromatic rings. The van der Waals surface area contributed by atoms with Gasteiger partial charge in [0.15, 0.2) is 0 Å². The zero-order chi connectivity index (χ0) is 15.8. The Kier molecular flexibility index (Phi) is 28.8. The Morgan fingerprint density at radius 2 is 1.57 bits per heavy atom. The van der Waals surface area contributed by atoms with E-state index in [-0.39, 0.29) is 61.2 Å². The molecule has 0 bridgehead atoms. The van der Waals surface area contributed by atoms with Gasteiger partial charge in [-0.15, -0.1) is 0 Å². The minimum absolute atomic E-state index is 0. The Labute approximate surface area is 183 Å². The average Bonchev–Trinajstić information content (AvgIpc) is 2.45. The Balaban J connectivity index is -0.00000200. The first-order chi connectivity index (χ1) is 10.2. The molecule has 1 radical (unpaired) electrons. The molecule has 0 aliphatic rings. The summed E-state index contributed by atoms with van der Waals surface area (Å²) < 4.78 is 0. The van der Waals surface area contributed by atoms with Gasteiger partial charge in [0.05, 0.1) is 6.10 Å². The predicted octanol–water partition coefficient (Wildman–Crippen LogP) is 5.08. The van der Waals surface area contributed by atoms with Crippen molar-refractivity contribution in [3.05, 3.63) is 12.2 Å². The van der Waals surface area contributed by atoms with E-state index in [9.17, 15) is 9.90 Å². The van der Waals surface area contributed by atoms with Gasteiger partial charge in [-0.2, -0.15) is 0 Å². The Bertz CT molecular complexity index is 273. The molecule has 0 fully saturated rings. The largest absolute Gasteiger partial charge is 0.481 e. The molecule has 3 nitrogen and oxygen atoms in total.